The Hall–Kier alpha value is -1.94. The predicted molar refractivity (Wildman–Crippen MR) is 455 cm³/mol. The molecule has 0 saturated carbocycles. The number of hydrogen-bond acceptors (Lipinski definition) is 15. The van der Waals surface area contributed by atoms with E-state index in [0.717, 1.165) is 102 Å². The first-order valence-corrected chi connectivity index (χ1v) is 50.0. The summed E-state index contributed by atoms with van der Waals surface area (Å²) in [6, 6.07) is 0. The zero-order chi connectivity index (χ0) is 80.6. The number of phosphoric acid groups is 2. The highest BCUT2D eigenvalue weighted by molar-refractivity contribution is 7.47. The minimum absolute atomic E-state index is 0.108. The first-order chi connectivity index (χ1) is 53.4. The van der Waals surface area contributed by atoms with Gasteiger partial charge < -0.3 is 33.8 Å². The van der Waals surface area contributed by atoms with E-state index in [0.29, 0.717) is 25.7 Å². The number of carbonyl (C=O) groups excluding carboxylic acids is 4. The molecule has 110 heavy (non-hydrogen) atoms. The Morgan fingerprint density at radius 2 is 0.418 bits per heavy atom. The third-order valence-electron chi connectivity index (χ3n) is 21.5. The van der Waals surface area contributed by atoms with Crippen LogP contribution in [0.15, 0.2) is 0 Å². The van der Waals surface area contributed by atoms with Gasteiger partial charge in [0.2, 0.25) is 0 Å². The van der Waals surface area contributed by atoms with Gasteiger partial charge in [-0.05, 0) is 37.5 Å². The maximum Gasteiger partial charge on any atom is 0.472 e. The summed E-state index contributed by atoms with van der Waals surface area (Å²) in [5.41, 5.74) is 0. The number of aliphatic hydroxyl groups is 1. The molecule has 0 aromatic rings. The van der Waals surface area contributed by atoms with Crippen LogP contribution in [0.1, 0.15) is 491 Å². The number of ether oxygens (including phenoxy) is 4. The van der Waals surface area contributed by atoms with E-state index in [1.54, 1.807) is 0 Å². The second-order valence-electron chi connectivity index (χ2n) is 33.6. The molecule has 0 heterocycles. The molecule has 0 aromatic carbocycles. The number of carbonyl (C=O) groups is 4. The number of esters is 4. The molecular formula is C91H178O17P2. The Labute approximate surface area is 677 Å². The molecule has 0 spiro atoms. The predicted octanol–water partition coefficient (Wildman–Crippen LogP) is 28.2. The molecule has 0 aliphatic heterocycles. The molecule has 0 amide bonds. The number of unbranched alkanes of at least 4 members (excludes halogenated alkanes) is 60. The lowest BCUT2D eigenvalue weighted by molar-refractivity contribution is -0.161. The van der Waals surface area contributed by atoms with Crippen molar-refractivity contribution in [2.24, 2.45) is 11.8 Å². The first kappa shape index (κ1) is 108. The molecule has 17 nitrogen and oxygen atoms in total. The van der Waals surface area contributed by atoms with Gasteiger partial charge in [0.05, 0.1) is 26.4 Å². The van der Waals surface area contributed by atoms with Crippen molar-refractivity contribution in [1.29, 1.82) is 0 Å². The summed E-state index contributed by atoms with van der Waals surface area (Å²) in [5, 5.41) is 10.7. The largest absolute Gasteiger partial charge is 0.472 e. The van der Waals surface area contributed by atoms with Crippen molar-refractivity contribution < 1.29 is 80.2 Å². The van der Waals surface area contributed by atoms with Crippen molar-refractivity contribution in [3.8, 4) is 0 Å². The van der Waals surface area contributed by atoms with Gasteiger partial charge in [0.25, 0.3) is 0 Å². The lowest BCUT2D eigenvalue weighted by Gasteiger charge is -2.21. The van der Waals surface area contributed by atoms with Gasteiger partial charge in [0.15, 0.2) is 12.2 Å². The highest BCUT2D eigenvalue weighted by Crippen LogP contribution is 2.45. The Balaban J connectivity index is 5.23. The zero-order valence-electron chi connectivity index (χ0n) is 72.6. The fraction of sp³-hybridized carbons (Fsp3) is 0.956. The van der Waals surface area contributed by atoms with Crippen molar-refractivity contribution in [3.63, 3.8) is 0 Å². The topological polar surface area (TPSA) is 237 Å². The van der Waals surface area contributed by atoms with Gasteiger partial charge in [-0.15, -0.1) is 0 Å². The maximum absolute atomic E-state index is 13.2. The van der Waals surface area contributed by atoms with Crippen molar-refractivity contribution in [1.82, 2.24) is 0 Å². The standard InChI is InChI=1S/C91H178O17P2/c1-7-9-11-13-15-17-19-21-23-25-27-28-29-30-32-38-42-46-50-58-64-70-75-90(95)107-86(79-101-88(93)73-67-61-55-48-44-40-36-34-33-35-39-43-47-53-59-65-71-83(3)4)81-105-109(97,98)103-77-85(92)78-104-110(99,100)106-82-87(80-102-89(94)74-68-62-56-52-51-54-60-66-72-84(5)6)108-91(96)76-69-63-57-49-45-41-37-31-26-24-22-20-18-16-14-12-10-8-2/h83-87,92H,7-82H2,1-6H3,(H,97,98)(H,99,100)/t85-,86-,87-/m1/s1. The Morgan fingerprint density at radius 3 is 0.618 bits per heavy atom. The van der Waals surface area contributed by atoms with Gasteiger partial charge >= 0.3 is 39.5 Å². The van der Waals surface area contributed by atoms with E-state index in [1.807, 2.05) is 0 Å². The monoisotopic (exact) mass is 1610 g/mol. The highest BCUT2D eigenvalue weighted by atomic mass is 31.2. The summed E-state index contributed by atoms with van der Waals surface area (Å²) < 4.78 is 69.1. The van der Waals surface area contributed by atoms with Gasteiger partial charge in [0.1, 0.15) is 19.3 Å². The molecule has 0 fully saturated rings. The van der Waals surface area contributed by atoms with Gasteiger partial charge in [-0.1, -0.05) is 440 Å². The van der Waals surface area contributed by atoms with E-state index in [2.05, 4.69) is 41.5 Å². The van der Waals surface area contributed by atoms with Crippen LogP contribution >= 0.6 is 15.6 Å². The van der Waals surface area contributed by atoms with E-state index in [9.17, 15) is 43.2 Å². The summed E-state index contributed by atoms with van der Waals surface area (Å²) in [6.07, 6.45) is 76.6. The molecule has 0 radical (unpaired) electrons. The molecule has 0 saturated heterocycles. The van der Waals surface area contributed by atoms with Crippen LogP contribution in [0, 0.1) is 11.8 Å². The summed E-state index contributed by atoms with van der Waals surface area (Å²) in [4.78, 5) is 73.4. The third kappa shape index (κ3) is 84.0. The van der Waals surface area contributed by atoms with Gasteiger partial charge in [-0.25, -0.2) is 9.13 Å². The minimum atomic E-state index is -4.97. The van der Waals surface area contributed by atoms with Crippen LogP contribution < -0.4 is 0 Å². The van der Waals surface area contributed by atoms with Crippen LogP contribution in [-0.4, -0.2) is 96.7 Å². The van der Waals surface area contributed by atoms with E-state index in [1.165, 1.54) is 308 Å². The van der Waals surface area contributed by atoms with Crippen molar-refractivity contribution in [2.75, 3.05) is 39.6 Å². The van der Waals surface area contributed by atoms with Gasteiger partial charge in [-0.3, -0.25) is 37.3 Å². The van der Waals surface area contributed by atoms with Crippen molar-refractivity contribution in [3.05, 3.63) is 0 Å². The van der Waals surface area contributed by atoms with Gasteiger partial charge in [0, 0.05) is 25.7 Å². The first-order valence-electron chi connectivity index (χ1n) is 47.0. The number of aliphatic hydroxyl groups excluding tert-OH is 1. The Morgan fingerprint density at radius 1 is 0.245 bits per heavy atom. The molecule has 19 heteroatoms. The average Bonchev–Trinajstić information content (AvgIpc) is 0.902. The Bertz CT molecular complexity index is 2100. The minimum Gasteiger partial charge on any atom is -0.462 e. The molecule has 0 aliphatic carbocycles. The van der Waals surface area contributed by atoms with Crippen LogP contribution in [-0.2, 0) is 65.4 Å². The summed E-state index contributed by atoms with van der Waals surface area (Å²) >= 11 is 0. The van der Waals surface area contributed by atoms with Gasteiger partial charge in [-0.2, -0.15) is 0 Å². The van der Waals surface area contributed by atoms with E-state index >= 15 is 0 Å². The Kier molecular flexibility index (Phi) is 80.7. The second-order valence-corrected chi connectivity index (χ2v) is 36.6. The number of rotatable bonds is 90. The average molecular weight is 1610 g/mol. The quantitative estimate of drug-likeness (QED) is 0.0222. The van der Waals surface area contributed by atoms with Crippen LogP contribution in [0.2, 0.25) is 0 Å². The third-order valence-corrected chi connectivity index (χ3v) is 23.4. The number of hydrogen-bond donors (Lipinski definition) is 3. The molecule has 0 aliphatic rings. The highest BCUT2D eigenvalue weighted by Gasteiger charge is 2.31. The fourth-order valence-corrected chi connectivity index (χ4v) is 15.9. The number of phosphoric ester groups is 2. The van der Waals surface area contributed by atoms with E-state index < -0.39 is 97.5 Å². The SMILES string of the molecule is CCCCCCCCCCCCCCCCCCCCCCCCC(=O)O[C@H](COC(=O)CCCCCCCCCCCCCCCCCCC(C)C)COP(=O)(O)OC[C@@H](O)COP(=O)(O)OC[C@@H](COC(=O)CCCCCCCCCCC(C)C)OC(=O)CCCCCCCCCCCCCCCCCCCC. The molecule has 0 bridgehead atoms. The van der Waals surface area contributed by atoms with Crippen LogP contribution in [0.3, 0.4) is 0 Å². The summed E-state index contributed by atoms with van der Waals surface area (Å²) in [6.45, 7) is 9.70. The van der Waals surface area contributed by atoms with Crippen LogP contribution in [0.4, 0.5) is 0 Å². The van der Waals surface area contributed by atoms with Crippen LogP contribution in [0.5, 0.6) is 0 Å². The van der Waals surface area contributed by atoms with Crippen molar-refractivity contribution in [2.45, 2.75) is 509 Å². The summed E-state index contributed by atoms with van der Waals surface area (Å²) in [7, 11) is -9.94. The van der Waals surface area contributed by atoms with E-state index in [4.69, 9.17) is 37.0 Å². The fourth-order valence-electron chi connectivity index (χ4n) is 14.3. The van der Waals surface area contributed by atoms with Crippen molar-refractivity contribution >= 4 is 39.5 Å². The zero-order valence-corrected chi connectivity index (χ0v) is 74.4. The molecule has 3 N–H and O–H groups in total. The molecule has 0 rings (SSSR count). The van der Waals surface area contributed by atoms with E-state index in [-0.39, 0.29) is 25.7 Å². The lowest BCUT2D eigenvalue weighted by Crippen LogP contribution is -2.30. The van der Waals surface area contributed by atoms with Crippen LogP contribution in [0.25, 0.3) is 0 Å². The normalized spacial score (nSPS) is 13.7. The molecule has 0 aromatic heterocycles. The maximum atomic E-state index is 13.2. The molecule has 2 unspecified atom stereocenters. The second kappa shape index (κ2) is 82.2. The smallest absolute Gasteiger partial charge is 0.462 e. The molecular weight excluding hydrogens is 1430 g/mol. The lowest BCUT2D eigenvalue weighted by atomic mass is 10.0. The molecule has 5 atom stereocenters. The summed E-state index contributed by atoms with van der Waals surface area (Å²) in [5.74, 6) is -0.558. The molecule has 654 valence electrons.